The number of aliphatic carboxylic acids is 1. The molecule has 0 heterocycles. The van der Waals surface area contributed by atoms with E-state index in [0.29, 0.717) is 5.75 Å². The number of aliphatic hydroxyl groups excluding tert-OH is 3. The molecule has 0 aliphatic rings. The van der Waals surface area contributed by atoms with Crippen LogP contribution in [0.25, 0.3) is 0 Å². The maximum absolute atomic E-state index is 12.8. The molecule has 3 atom stereocenters. The maximum Gasteiger partial charge on any atom is 0.329 e. The Morgan fingerprint density at radius 3 is 2.14 bits per heavy atom. The van der Waals surface area contributed by atoms with Crippen molar-refractivity contribution < 1.29 is 39.1 Å². The van der Waals surface area contributed by atoms with Crippen LogP contribution in [0.5, 0.6) is 5.75 Å². The van der Waals surface area contributed by atoms with Crippen molar-refractivity contribution in [1.82, 2.24) is 0 Å². The Bertz CT molecular complexity index is 710. The van der Waals surface area contributed by atoms with E-state index in [4.69, 9.17) is 14.6 Å². The highest BCUT2D eigenvalue weighted by Crippen LogP contribution is 2.11. The van der Waals surface area contributed by atoms with Gasteiger partial charge < -0.3 is 29.9 Å². The smallest absolute Gasteiger partial charge is 0.329 e. The first-order valence-corrected chi connectivity index (χ1v) is 8.79. The Morgan fingerprint density at radius 1 is 0.931 bits per heavy atom. The fourth-order valence-corrected chi connectivity index (χ4v) is 1.89. The van der Waals surface area contributed by atoms with Gasteiger partial charge in [-0.05, 0) is 24.3 Å². The number of hydrogen-bond acceptors (Lipinski definition) is 6. The average Bonchev–Trinajstić information content (AvgIpc) is 2.69. The Hall–Kier alpha value is -2.78. The SMILES string of the molecule is O=C(O)COC[C@H](O)[C@H](O)/C=C/C=C/C=C/C=C/[C@H](O)COc1ccc(F)cc1. The van der Waals surface area contributed by atoms with Crippen LogP contribution in [0.1, 0.15) is 0 Å². The molecule has 4 N–H and O–H groups in total. The summed E-state index contributed by atoms with van der Waals surface area (Å²) >= 11 is 0. The maximum atomic E-state index is 12.8. The van der Waals surface area contributed by atoms with E-state index in [2.05, 4.69) is 0 Å². The van der Waals surface area contributed by atoms with Crippen molar-refractivity contribution in [2.75, 3.05) is 19.8 Å². The zero-order valence-electron chi connectivity index (χ0n) is 15.7. The van der Waals surface area contributed by atoms with Gasteiger partial charge in [0.15, 0.2) is 0 Å². The normalized spacial score (nSPS) is 15.4. The number of halogens is 1. The highest BCUT2D eigenvalue weighted by Gasteiger charge is 2.13. The molecule has 1 rings (SSSR count). The van der Waals surface area contributed by atoms with E-state index in [-0.39, 0.29) is 19.0 Å². The lowest BCUT2D eigenvalue weighted by Gasteiger charge is -2.13. The van der Waals surface area contributed by atoms with Crippen molar-refractivity contribution in [1.29, 1.82) is 0 Å². The van der Waals surface area contributed by atoms with Gasteiger partial charge in [-0.25, -0.2) is 9.18 Å². The second kappa shape index (κ2) is 14.3. The van der Waals surface area contributed by atoms with Crippen molar-refractivity contribution in [3.05, 3.63) is 78.7 Å². The van der Waals surface area contributed by atoms with E-state index in [0.717, 1.165) is 0 Å². The number of hydrogen-bond donors (Lipinski definition) is 4. The lowest BCUT2D eigenvalue weighted by Crippen LogP contribution is -2.29. The highest BCUT2D eigenvalue weighted by atomic mass is 19.1. The van der Waals surface area contributed by atoms with Gasteiger partial charge >= 0.3 is 5.97 Å². The van der Waals surface area contributed by atoms with Gasteiger partial charge in [-0.15, -0.1) is 0 Å². The van der Waals surface area contributed by atoms with E-state index < -0.39 is 30.9 Å². The summed E-state index contributed by atoms with van der Waals surface area (Å²) in [6, 6.07) is 5.49. The molecule has 0 spiro atoms. The molecule has 7 nitrogen and oxygen atoms in total. The van der Waals surface area contributed by atoms with Crippen LogP contribution in [0.15, 0.2) is 72.9 Å². The number of aliphatic hydroxyl groups is 3. The molecule has 0 amide bonds. The molecule has 0 unspecified atom stereocenters. The molecule has 0 saturated carbocycles. The Balaban J connectivity index is 2.24. The van der Waals surface area contributed by atoms with Gasteiger partial charge in [0.25, 0.3) is 0 Å². The molecule has 0 saturated heterocycles. The molecule has 0 aromatic heterocycles. The summed E-state index contributed by atoms with van der Waals surface area (Å²) in [5.74, 6) is -1.05. The Morgan fingerprint density at radius 2 is 1.52 bits per heavy atom. The molecule has 0 aliphatic carbocycles. The predicted octanol–water partition coefficient (Wildman–Crippen LogP) is 1.61. The fourth-order valence-electron chi connectivity index (χ4n) is 1.89. The number of allylic oxidation sites excluding steroid dienone is 6. The van der Waals surface area contributed by atoms with Crippen LogP contribution in [-0.2, 0) is 9.53 Å². The second-order valence-electron chi connectivity index (χ2n) is 5.84. The molecule has 29 heavy (non-hydrogen) atoms. The van der Waals surface area contributed by atoms with E-state index in [1.807, 2.05) is 0 Å². The molecule has 0 fully saturated rings. The summed E-state index contributed by atoms with van der Waals surface area (Å²) in [5.41, 5.74) is 0. The van der Waals surface area contributed by atoms with Gasteiger partial charge in [0.05, 0.1) is 6.61 Å². The Labute approximate surface area is 168 Å². The van der Waals surface area contributed by atoms with E-state index >= 15 is 0 Å². The van der Waals surface area contributed by atoms with E-state index in [1.165, 1.54) is 42.5 Å². The van der Waals surface area contributed by atoms with Gasteiger partial charge in [0.1, 0.15) is 43.1 Å². The fraction of sp³-hybridized carbons (Fsp3) is 0.286. The third-order valence-corrected chi connectivity index (χ3v) is 3.34. The Kier molecular flexibility index (Phi) is 11.9. The third-order valence-electron chi connectivity index (χ3n) is 3.34. The molecular weight excluding hydrogens is 383 g/mol. The zero-order valence-corrected chi connectivity index (χ0v) is 15.7. The van der Waals surface area contributed by atoms with Crippen LogP contribution in [0.3, 0.4) is 0 Å². The highest BCUT2D eigenvalue weighted by molar-refractivity contribution is 5.67. The topological polar surface area (TPSA) is 116 Å². The molecule has 0 radical (unpaired) electrons. The second-order valence-corrected chi connectivity index (χ2v) is 5.84. The number of rotatable bonds is 13. The molecule has 0 bridgehead atoms. The number of carbonyl (C=O) groups is 1. The lowest BCUT2D eigenvalue weighted by atomic mass is 10.2. The van der Waals surface area contributed by atoms with Crippen molar-refractivity contribution in [2.24, 2.45) is 0 Å². The van der Waals surface area contributed by atoms with E-state index in [9.17, 15) is 24.5 Å². The zero-order chi connectivity index (χ0) is 21.5. The first-order chi connectivity index (χ1) is 13.9. The standard InChI is InChI=1S/C21H25FO7/c22-16-9-11-18(12-10-16)29-13-17(23)7-5-3-1-2-4-6-8-19(24)20(25)14-28-15-21(26)27/h1-12,17,19-20,23-25H,13-15H2,(H,26,27)/b3-1+,4-2+,7-5+,8-6+/t17-,19+,20-/m0/s1. The summed E-state index contributed by atoms with van der Waals surface area (Å²) in [4.78, 5) is 10.3. The summed E-state index contributed by atoms with van der Waals surface area (Å²) in [6.45, 7) is -0.802. The average molecular weight is 408 g/mol. The number of carboxylic acid groups (broad SMARTS) is 1. The minimum Gasteiger partial charge on any atom is -0.491 e. The number of benzene rings is 1. The first-order valence-electron chi connectivity index (χ1n) is 8.79. The van der Waals surface area contributed by atoms with Crippen LogP contribution >= 0.6 is 0 Å². The first kappa shape index (κ1) is 24.3. The van der Waals surface area contributed by atoms with Crippen LogP contribution < -0.4 is 4.74 Å². The van der Waals surface area contributed by atoms with Crippen LogP contribution in [0.2, 0.25) is 0 Å². The minimum atomic E-state index is -1.23. The van der Waals surface area contributed by atoms with Gasteiger partial charge in [-0.1, -0.05) is 48.6 Å². The molecule has 8 heteroatoms. The molecule has 0 aliphatic heterocycles. The van der Waals surface area contributed by atoms with Gasteiger partial charge in [0.2, 0.25) is 0 Å². The van der Waals surface area contributed by atoms with Crippen LogP contribution in [0, 0.1) is 5.82 Å². The molecular formula is C21H25FO7. The largest absolute Gasteiger partial charge is 0.491 e. The molecule has 1 aromatic rings. The lowest BCUT2D eigenvalue weighted by molar-refractivity contribution is -0.143. The minimum absolute atomic E-state index is 0.0327. The van der Waals surface area contributed by atoms with Gasteiger partial charge in [0, 0.05) is 0 Å². The van der Waals surface area contributed by atoms with Crippen LogP contribution in [0.4, 0.5) is 4.39 Å². The third kappa shape index (κ3) is 12.3. The predicted molar refractivity (Wildman–Crippen MR) is 105 cm³/mol. The monoisotopic (exact) mass is 408 g/mol. The van der Waals surface area contributed by atoms with Crippen molar-refractivity contribution in [2.45, 2.75) is 18.3 Å². The van der Waals surface area contributed by atoms with E-state index in [1.54, 1.807) is 30.4 Å². The summed E-state index contributed by atoms with van der Waals surface area (Å²) in [5, 5.41) is 37.4. The van der Waals surface area contributed by atoms with Gasteiger partial charge in [-0.2, -0.15) is 0 Å². The van der Waals surface area contributed by atoms with Crippen LogP contribution in [-0.4, -0.2) is 64.5 Å². The molecule has 1 aromatic carbocycles. The molecule has 158 valence electrons. The van der Waals surface area contributed by atoms with Crippen molar-refractivity contribution in [3.63, 3.8) is 0 Å². The quantitative estimate of drug-likeness (QED) is 0.367. The van der Waals surface area contributed by atoms with Crippen molar-refractivity contribution >= 4 is 5.97 Å². The summed E-state index contributed by atoms with van der Waals surface area (Å²) in [6.07, 6.45) is 9.43. The summed E-state index contributed by atoms with van der Waals surface area (Å²) in [7, 11) is 0. The van der Waals surface area contributed by atoms with Gasteiger partial charge in [-0.3, -0.25) is 0 Å². The summed E-state index contributed by atoms with van der Waals surface area (Å²) < 4.78 is 22.8. The number of carboxylic acids is 1. The number of ether oxygens (including phenoxy) is 2. The van der Waals surface area contributed by atoms with Crippen molar-refractivity contribution in [3.8, 4) is 5.75 Å².